The van der Waals surface area contributed by atoms with Crippen LogP contribution in [0.15, 0.2) is 35.1 Å². The first-order chi connectivity index (χ1) is 28.6. The van der Waals surface area contributed by atoms with Gasteiger partial charge in [0.1, 0.15) is 34.6 Å². The van der Waals surface area contributed by atoms with Gasteiger partial charge >= 0.3 is 6.47 Å². The molecule has 5 fully saturated rings. The van der Waals surface area contributed by atoms with Crippen LogP contribution in [-0.2, 0) is 34.5 Å². The number of carbonyl (C=O) groups is 4. The lowest BCUT2D eigenvalue weighted by Crippen LogP contribution is -2.63. The fourth-order valence-electron chi connectivity index (χ4n) is 8.73. The Morgan fingerprint density at radius 2 is 1.73 bits per heavy atom. The highest BCUT2D eigenvalue weighted by molar-refractivity contribution is 7.99. The summed E-state index contributed by atoms with van der Waals surface area (Å²) in [4.78, 5) is 79.4. The zero-order valence-corrected chi connectivity index (χ0v) is 33.6. The third-order valence-electron chi connectivity index (χ3n) is 12.2. The number of hydrogen-bond donors (Lipinski definition) is 2. The number of fused-ring (bicyclic) bond motifs is 1. The molecule has 1 atom stereocenters. The molecule has 0 radical (unpaired) electrons. The smallest absolute Gasteiger partial charge is 0.321 e. The number of likely N-dealkylation sites (tertiary alicyclic amines) is 2. The molecule has 0 spiro atoms. The van der Waals surface area contributed by atoms with E-state index in [4.69, 9.17) is 9.47 Å². The minimum Gasteiger partial charge on any atom is -0.493 e. The zero-order chi connectivity index (χ0) is 41.0. The summed E-state index contributed by atoms with van der Waals surface area (Å²) in [7, 11) is 0. The summed E-state index contributed by atoms with van der Waals surface area (Å²) in [6, 6.07) is 6.99. The molecule has 5 saturated heterocycles. The van der Waals surface area contributed by atoms with Gasteiger partial charge in [-0.05, 0) is 82.2 Å². The van der Waals surface area contributed by atoms with Crippen LogP contribution in [0.4, 0.5) is 20.2 Å². The van der Waals surface area contributed by atoms with Gasteiger partial charge in [0.05, 0.1) is 23.6 Å². The fraction of sp³-hybridized carbons (Fsp3) is 0.561. The van der Waals surface area contributed by atoms with Gasteiger partial charge in [0.2, 0.25) is 5.91 Å². The topological polar surface area (TPSA) is 167 Å². The Balaban J connectivity index is 0.752. The first kappa shape index (κ1) is 40.9. The van der Waals surface area contributed by atoms with Gasteiger partial charge in [0.25, 0.3) is 17.4 Å². The van der Waals surface area contributed by atoms with Gasteiger partial charge in [0, 0.05) is 80.8 Å². The lowest BCUT2D eigenvalue weighted by molar-refractivity contribution is -0.197. The minimum absolute atomic E-state index is 0.000405. The van der Waals surface area contributed by atoms with Gasteiger partial charge in [-0.15, -0.1) is 5.06 Å². The van der Waals surface area contributed by atoms with Gasteiger partial charge in [-0.2, -0.15) is 11.8 Å². The summed E-state index contributed by atoms with van der Waals surface area (Å²) in [5.74, 6) is -0.690. The number of hydrogen-bond acceptors (Lipinski definition) is 13. The Hall–Kier alpha value is -4.81. The molecule has 5 aliphatic heterocycles. The number of carbonyl (C=O) groups excluding carboxylic acids is 4. The number of anilines is 2. The Morgan fingerprint density at radius 1 is 0.966 bits per heavy atom. The van der Waals surface area contributed by atoms with E-state index in [1.54, 1.807) is 30.0 Å². The first-order valence-corrected chi connectivity index (χ1v) is 21.5. The van der Waals surface area contributed by atoms with Crippen LogP contribution in [0.1, 0.15) is 57.2 Å². The second-order valence-electron chi connectivity index (χ2n) is 16.0. The summed E-state index contributed by atoms with van der Waals surface area (Å²) >= 11 is 1.73. The van der Waals surface area contributed by atoms with Gasteiger partial charge in [-0.1, -0.05) is 0 Å². The molecule has 1 aromatic heterocycles. The molecule has 0 saturated carbocycles. The van der Waals surface area contributed by atoms with Crippen molar-refractivity contribution >= 4 is 58.2 Å². The van der Waals surface area contributed by atoms with Crippen LogP contribution >= 0.6 is 11.8 Å². The van der Waals surface area contributed by atoms with Crippen molar-refractivity contribution in [3.63, 3.8) is 0 Å². The number of piperidine rings is 3. The number of amides is 3. The van der Waals surface area contributed by atoms with Crippen molar-refractivity contribution < 1.29 is 42.3 Å². The fourth-order valence-corrected chi connectivity index (χ4v) is 9.78. The second-order valence-corrected chi connectivity index (χ2v) is 17.3. The Kier molecular flexibility index (Phi) is 12.6. The van der Waals surface area contributed by atoms with Gasteiger partial charge in [-0.3, -0.25) is 28.9 Å². The summed E-state index contributed by atoms with van der Waals surface area (Å²) in [5.41, 5.74) is 0.585. The van der Waals surface area contributed by atoms with E-state index < -0.39 is 35.0 Å². The molecule has 5 aliphatic rings. The number of aromatic amines is 1. The summed E-state index contributed by atoms with van der Waals surface area (Å²) < 4.78 is 41.9. The number of imide groups is 1. The lowest BCUT2D eigenvalue weighted by atomic mass is 9.91. The van der Waals surface area contributed by atoms with Crippen molar-refractivity contribution in [2.24, 2.45) is 11.8 Å². The SMILES string of the molecule is O=CON1C(=O)CCC(Nc2ccc(N3CCC(C(=O)N4CC(N5CCC(COc6cc(F)c7c(=O)[nH]c(CSC8CCOCC8)nc7c6)CC5)C4)CC3)c(F)c2)C1=O. The molecule has 0 bridgehead atoms. The molecule has 316 valence electrons. The van der Waals surface area contributed by atoms with E-state index in [9.17, 15) is 24.0 Å². The van der Waals surface area contributed by atoms with Gasteiger partial charge in [-0.25, -0.2) is 13.8 Å². The van der Waals surface area contributed by atoms with Gasteiger partial charge in [0.15, 0.2) is 0 Å². The molecule has 3 aromatic rings. The molecular formula is C41H49F2N7O8S. The number of rotatable bonds is 13. The van der Waals surface area contributed by atoms with E-state index in [2.05, 4.69) is 25.0 Å². The standard InChI is InChI=1S/C41H49F2N7O8S/c42-31-17-27(44-33-2-4-37(52)50(41(33)55)58-24-51)1-3-35(31)48-13-7-26(8-14-48)40(54)49-20-28(21-49)47-11-5-25(6-12-47)22-57-29-18-32(43)38-34(19-29)45-36(46-39(38)53)23-59-30-9-15-56-16-10-30/h1,3,17-19,24-26,28,30,33,44H,2,4-16,20-23H2,(H,45,46,53). The molecule has 3 amide bonds. The summed E-state index contributed by atoms with van der Waals surface area (Å²) in [6.45, 7) is 6.16. The van der Waals surface area contributed by atoms with E-state index in [-0.39, 0.29) is 36.5 Å². The van der Waals surface area contributed by atoms with Crippen LogP contribution in [0.25, 0.3) is 10.9 Å². The predicted molar refractivity (Wildman–Crippen MR) is 215 cm³/mol. The normalized spacial score (nSPS) is 21.8. The minimum atomic E-state index is -0.845. The van der Waals surface area contributed by atoms with Crippen LogP contribution in [0.2, 0.25) is 0 Å². The number of ether oxygens (including phenoxy) is 2. The maximum Gasteiger partial charge on any atom is 0.321 e. The van der Waals surface area contributed by atoms with E-state index in [1.807, 2.05) is 9.80 Å². The largest absolute Gasteiger partial charge is 0.493 e. The quantitative estimate of drug-likeness (QED) is 0.189. The van der Waals surface area contributed by atoms with Gasteiger partial charge < -0.3 is 34.4 Å². The molecule has 6 heterocycles. The van der Waals surface area contributed by atoms with Crippen LogP contribution in [0.3, 0.4) is 0 Å². The van der Waals surface area contributed by atoms with Crippen molar-refractivity contribution in [1.29, 1.82) is 0 Å². The maximum absolute atomic E-state index is 15.3. The van der Waals surface area contributed by atoms with Crippen LogP contribution in [0, 0.1) is 23.5 Å². The second kappa shape index (κ2) is 18.2. The van der Waals surface area contributed by atoms with Crippen LogP contribution in [0.5, 0.6) is 5.75 Å². The molecule has 18 heteroatoms. The van der Waals surface area contributed by atoms with E-state index in [0.717, 1.165) is 52.0 Å². The van der Waals surface area contributed by atoms with E-state index in [0.29, 0.717) is 102 Å². The highest BCUT2D eigenvalue weighted by atomic mass is 32.2. The van der Waals surface area contributed by atoms with E-state index in [1.165, 1.54) is 12.1 Å². The number of aromatic nitrogens is 2. The number of benzene rings is 2. The lowest BCUT2D eigenvalue weighted by Gasteiger charge is -2.49. The number of hydroxylamine groups is 2. The molecule has 15 nitrogen and oxygen atoms in total. The molecule has 2 N–H and O–H groups in total. The molecule has 8 rings (SSSR count). The summed E-state index contributed by atoms with van der Waals surface area (Å²) in [6.07, 6.45) is 5.19. The van der Waals surface area contributed by atoms with Crippen molar-refractivity contribution in [2.75, 3.05) is 69.3 Å². The number of nitrogens with zero attached hydrogens (tertiary/aromatic N) is 5. The van der Waals surface area contributed by atoms with Crippen molar-refractivity contribution in [2.45, 2.75) is 74.5 Å². The molecular weight excluding hydrogens is 789 g/mol. The number of halogens is 2. The third-order valence-corrected chi connectivity index (χ3v) is 13.6. The molecule has 1 unspecified atom stereocenters. The Morgan fingerprint density at radius 3 is 2.46 bits per heavy atom. The van der Waals surface area contributed by atoms with Crippen molar-refractivity contribution in [3.05, 3.63) is 58.1 Å². The highest BCUT2D eigenvalue weighted by Crippen LogP contribution is 2.32. The molecule has 0 aliphatic carbocycles. The van der Waals surface area contributed by atoms with Crippen molar-refractivity contribution in [1.82, 2.24) is 24.8 Å². The number of thioether (sulfide) groups is 1. The first-order valence-electron chi connectivity index (χ1n) is 20.5. The number of H-pyrrole nitrogens is 1. The van der Waals surface area contributed by atoms with E-state index >= 15 is 8.78 Å². The average molecular weight is 838 g/mol. The van der Waals surface area contributed by atoms with Crippen LogP contribution in [-0.4, -0.2) is 125 Å². The Labute approximate surface area is 344 Å². The zero-order valence-electron chi connectivity index (χ0n) is 32.7. The average Bonchev–Trinajstić information content (AvgIpc) is 3.22. The highest BCUT2D eigenvalue weighted by Gasteiger charge is 2.40. The molecule has 59 heavy (non-hydrogen) atoms. The predicted octanol–water partition coefficient (Wildman–Crippen LogP) is 3.85. The number of nitrogens with one attached hydrogen (secondary N) is 2. The Bertz CT molecular complexity index is 2100. The van der Waals surface area contributed by atoms with Crippen LogP contribution < -0.4 is 20.5 Å². The van der Waals surface area contributed by atoms with Crippen molar-refractivity contribution in [3.8, 4) is 5.75 Å². The third kappa shape index (κ3) is 9.34. The molecule has 2 aromatic carbocycles. The monoisotopic (exact) mass is 837 g/mol. The maximum atomic E-state index is 15.3. The summed E-state index contributed by atoms with van der Waals surface area (Å²) in [5, 5.41) is 3.75.